The predicted octanol–water partition coefficient (Wildman–Crippen LogP) is 1.95. The number of nitrogens with zero attached hydrogens (tertiary/aromatic N) is 1. The molecule has 1 aromatic carbocycles. The molecule has 7 nitrogen and oxygen atoms in total. The summed E-state index contributed by atoms with van der Waals surface area (Å²) in [6.07, 6.45) is 3.59. The summed E-state index contributed by atoms with van der Waals surface area (Å²) in [6, 6.07) is 3.88. The summed E-state index contributed by atoms with van der Waals surface area (Å²) in [5, 5.41) is 2.45. The Balaban J connectivity index is 2.19. The molecule has 0 saturated carbocycles. The Hall–Kier alpha value is -2.70. The van der Waals surface area contributed by atoms with Gasteiger partial charge in [0.25, 0.3) is 11.8 Å². The Morgan fingerprint density at radius 1 is 1.27 bits per heavy atom. The number of ether oxygens (including phenoxy) is 1. The predicted molar refractivity (Wildman–Crippen MR) is 95.1 cm³/mol. The molecule has 1 aliphatic heterocycles. The van der Waals surface area contributed by atoms with Gasteiger partial charge < -0.3 is 14.8 Å². The van der Waals surface area contributed by atoms with E-state index in [9.17, 15) is 19.2 Å². The van der Waals surface area contributed by atoms with Crippen LogP contribution in [0.3, 0.4) is 0 Å². The normalized spacial score (nSPS) is 14.2. The van der Waals surface area contributed by atoms with Crippen molar-refractivity contribution in [1.82, 2.24) is 10.2 Å². The highest BCUT2D eigenvalue weighted by molar-refractivity contribution is 6.23. The van der Waals surface area contributed by atoms with Gasteiger partial charge in [0.05, 0.1) is 23.8 Å². The van der Waals surface area contributed by atoms with Crippen LogP contribution >= 0.6 is 0 Å². The van der Waals surface area contributed by atoms with Crippen LogP contribution in [0, 0.1) is 0 Å². The van der Waals surface area contributed by atoms with Gasteiger partial charge in [0.1, 0.15) is 12.0 Å². The standard InChI is InChI=1S/C19H24N2O5/c1-3-4-5-11-26-15-8-6-7-14-17(15)19(25)21(18(14)24)13(12-22)9-10-16(23)20-2/h6-8,12-13H,3-5,9-11H2,1-2H3,(H,20,23). The first-order valence-corrected chi connectivity index (χ1v) is 8.84. The number of imide groups is 1. The molecule has 1 aromatic rings. The SMILES string of the molecule is CCCCCOc1cccc2c1C(=O)N(C(C=O)CCC(=O)NC)C2=O. The van der Waals surface area contributed by atoms with Gasteiger partial charge in [-0.25, -0.2) is 0 Å². The third-order valence-electron chi connectivity index (χ3n) is 4.35. The molecule has 7 heteroatoms. The molecular weight excluding hydrogens is 336 g/mol. The third kappa shape index (κ3) is 4.09. The molecule has 0 saturated heterocycles. The summed E-state index contributed by atoms with van der Waals surface area (Å²) < 4.78 is 5.69. The van der Waals surface area contributed by atoms with E-state index in [1.165, 1.54) is 7.05 Å². The van der Waals surface area contributed by atoms with Crippen molar-refractivity contribution in [3.05, 3.63) is 29.3 Å². The zero-order valence-corrected chi connectivity index (χ0v) is 15.1. The minimum atomic E-state index is -0.979. The number of unbranched alkanes of at least 4 members (excludes halogenated alkanes) is 2. The summed E-state index contributed by atoms with van der Waals surface area (Å²) in [7, 11) is 1.49. The fourth-order valence-corrected chi connectivity index (χ4v) is 2.89. The van der Waals surface area contributed by atoms with Gasteiger partial charge in [0, 0.05) is 13.5 Å². The summed E-state index contributed by atoms with van der Waals surface area (Å²) in [5.41, 5.74) is 0.426. The molecule has 2 rings (SSSR count). The minimum Gasteiger partial charge on any atom is -0.493 e. The molecule has 0 aliphatic carbocycles. The quantitative estimate of drug-likeness (QED) is 0.391. The number of rotatable bonds is 10. The molecule has 26 heavy (non-hydrogen) atoms. The van der Waals surface area contributed by atoms with Gasteiger partial charge >= 0.3 is 0 Å². The lowest BCUT2D eigenvalue weighted by atomic mass is 10.1. The van der Waals surface area contributed by atoms with Crippen LogP contribution in [-0.2, 0) is 9.59 Å². The van der Waals surface area contributed by atoms with Gasteiger partial charge in [-0.1, -0.05) is 25.8 Å². The largest absolute Gasteiger partial charge is 0.493 e. The summed E-state index contributed by atoms with van der Waals surface area (Å²) >= 11 is 0. The molecule has 1 aliphatic rings. The second kappa shape index (κ2) is 9.12. The van der Waals surface area contributed by atoms with Crippen molar-refractivity contribution in [2.24, 2.45) is 0 Å². The number of fused-ring (bicyclic) bond motifs is 1. The van der Waals surface area contributed by atoms with E-state index in [0.717, 1.165) is 24.2 Å². The minimum absolute atomic E-state index is 0.0493. The molecule has 0 aromatic heterocycles. The van der Waals surface area contributed by atoms with Crippen LogP contribution in [0.4, 0.5) is 0 Å². The Bertz CT molecular complexity index is 701. The van der Waals surface area contributed by atoms with Crippen molar-refractivity contribution in [2.75, 3.05) is 13.7 Å². The highest BCUT2D eigenvalue weighted by atomic mass is 16.5. The third-order valence-corrected chi connectivity index (χ3v) is 4.35. The van der Waals surface area contributed by atoms with Crippen LogP contribution < -0.4 is 10.1 Å². The Morgan fingerprint density at radius 3 is 2.69 bits per heavy atom. The van der Waals surface area contributed by atoms with Gasteiger partial charge in [0.15, 0.2) is 0 Å². The average molecular weight is 360 g/mol. The zero-order chi connectivity index (χ0) is 19.1. The highest BCUT2D eigenvalue weighted by Gasteiger charge is 2.42. The van der Waals surface area contributed by atoms with Gasteiger partial charge in [0.2, 0.25) is 5.91 Å². The van der Waals surface area contributed by atoms with Gasteiger partial charge in [-0.15, -0.1) is 0 Å². The van der Waals surface area contributed by atoms with Crippen LogP contribution in [0.1, 0.15) is 59.7 Å². The van der Waals surface area contributed by atoms with E-state index in [1.807, 2.05) is 0 Å². The zero-order valence-electron chi connectivity index (χ0n) is 15.1. The first kappa shape index (κ1) is 19.6. The van der Waals surface area contributed by atoms with Crippen molar-refractivity contribution >= 4 is 24.0 Å². The number of hydrogen-bond donors (Lipinski definition) is 1. The molecular formula is C19H24N2O5. The number of nitrogens with one attached hydrogen (secondary N) is 1. The number of aldehydes is 1. The lowest BCUT2D eigenvalue weighted by Crippen LogP contribution is -2.41. The molecule has 1 atom stereocenters. The number of amides is 3. The van der Waals surface area contributed by atoms with Crippen LogP contribution in [0.5, 0.6) is 5.75 Å². The Labute approximate surface area is 152 Å². The highest BCUT2D eigenvalue weighted by Crippen LogP contribution is 2.32. The topological polar surface area (TPSA) is 92.8 Å². The number of hydrogen-bond acceptors (Lipinski definition) is 5. The summed E-state index contributed by atoms with van der Waals surface area (Å²) in [6.45, 7) is 2.54. The first-order valence-electron chi connectivity index (χ1n) is 8.84. The van der Waals surface area contributed by atoms with Crippen LogP contribution in [0.15, 0.2) is 18.2 Å². The molecule has 140 valence electrons. The smallest absolute Gasteiger partial charge is 0.265 e. The Morgan fingerprint density at radius 2 is 2.04 bits per heavy atom. The molecule has 1 unspecified atom stereocenters. The van der Waals surface area contributed by atoms with Crippen molar-refractivity contribution in [3.63, 3.8) is 0 Å². The second-order valence-electron chi connectivity index (χ2n) is 6.13. The van der Waals surface area contributed by atoms with Gasteiger partial charge in [-0.2, -0.15) is 0 Å². The van der Waals surface area contributed by atoms with E-state index in [2.05, 4.69) is 12.2 Å². The average Bonchev–Trinajstić information content (AvgIpc) is 2.91. The van der Waals surface area contributed by atoms with Gasteiger partial charge in [-0.05, 0) is 25.0 Å². The molecule has 0 bridgehead atoms. The van der Waals surface area contributed by atoms with Crippen LogP contribution in [-0.4, -0.2) is 48.6 Å². The molecule has 0 spiro atoms. The summed E-state index contributed by atoms with van der Waals surface area (Å²) in [5.74, 6) is -0.980. The fourth-order valence-electron chi connectivity index (χ4n) is 2.89. The monoisotopic (exact) mass is 360 g/mol. The van der Waals surface area contributed by atoms with E-state index >= 15 is 0 Å². The lowest BCUT2D eigenvalue weighted by Gasteiger charge is -2.21. The second-order valence-corrected chi connectivity index (χ2v) is 6.13. The number of carbonyl (C=O) groups excluding carboxylic acids is 4. The van der Waals surface area contributed by atoms with Crippen LogP contribution in [0.2, 0.25) is 0 Å². The van der Waals surface area contributed by atoms with Crippen LogP contribution in [0.25, 0.3) is 0 Å². The molecule has 1 N–H and O–H groups in total. The molecule has 1 heterocycles. The number of benzene rings is 1. The first-order chi connectivity index (χ1) is 12.5. The van der Waals surface area contributed by atoms with E-state index in [4.69, 9.17) is 4.74 Å². The van der Waals surface area contributed by atoms with Crippen molar-refractivity contribution < 1.29 is 23.9 Å². The lowest BCUT2D eigenvalue weighted by molar-refractivity contribution is -0.121. The molecule has 0 radical (unpaired) electrons. The number of carbonyl (C=O) groups is 4. The van der Waals surface area contributed by atoms with Crippen molar-refractivity contribution in [1.29, 1.82) is 0 Å². The summed E-state index contributed by atoms with van der Waals surface area (Å²) in [4.78, 5) is 49.2. The van der Waals surface area contributed by atoms with E-state index in [1.54, 1.807) is 18.2 Å². The van der Waals surface area contributed by atoms with Crippen molar-refractivity contribution in [2.45, 2.75) is 45.1 Å². The van der Waals surface area contributed by atoms with Gasteiger partial charge in [-0.3, -0.25) is 19.3 Å². The maximum Gasteiger partial charge on any atom is 0.265 e. The maximum atomic E-state index is 12.8. The molecule has 0 fully saturated rings. The maximum absolute atomic E-state index is 12.8. The van der Waals surface area contributed by atoms with E-state index in [0.29, 0.717) is 18.6 Å². The van der Waals surface area contributed by atoms with E-state index in [-0.39, 0.29) is 29.9 Å². The molecule has 3 amide bonds. The van der Waals surface area contributed by atoms with E-state index < -0.39 is 17.9 Å². The Kier molecular flexibility index (Phi) is 6.89. The van der Waals surface area contributed by atoms with Crippen molar-refractivity contribution in [3.8, 4) is 5.75 Å². The fraction of sp³-hybridized carbons (Fsp3) is 0.474.